The van der Waals surface area contributed by atoms with E-state index in [4.69, 9.17) is 9.47 Å². The first-order chi connectivity index (χ1) is 9.24. The molecule has 2 rings (SSSR count). The number of methoxy groups -OCH3 is 2. The molecule has 0 aliphatic carbocycles. The molecule has 4 heteroatoms. The maximum atomic E-state index is 5.46. The SMILES string of the molecule is COc1ccc(N(C)CC2CCCNC2)c(OC)c1. The van der Waals surface area contributed by atoms with Gasteiger partial charge in [-0.3, -0.25) is 0 Å². The molecular weight excluding hydrogens is 240 g/mol. The molecule has 1 aliphatic rings. The van der Waals surface area contributed by atoms with E-state index in [2.05, 4.69) is 23.3 Å². The average molecular weight is 264 g/mol. The average Bonchev–Trinajstić information content (AvgIpc) is 2.47. The summed E-state index contributed by atoms with van der Waals surface area (Å²) in [4.78, 5) is 2.27. The van der Waals surface area contributed by atoms with Crippen LogP contribution < -0.4 is 19.7 Å². The standard InChI is InChI=1S/C15H24N2O2/c1-17(11-12-5-4-8-16-10-12)14-7-6-13(18-2)9-15(14)19-3/h6-7,9,12,16H,4-5,8,10-11H2,1-3H3. The number of anilines is 1. The highest BCUT2D eigenvalue weighted by molar-refractivity contribution is 5.60. The Bertz CT molecular complexity index is 403. The van der Waals surface area contributed by atoms with Gasteiger partial charge in [-0.25, -0.2) is 0 Å². The van der Waals surface area contributed by atoms with E-state index in [0.717, 1.165) is 36.8 Å². The van der Waals surface area contributed by atoms with Crippen molar-refractivity contribution in [3.8, 4) is 11.5 Å². The molecule has 0 radical (unpaired) electrons. The Kier molecular flexibility index (Phi) is 4.91. The third-order valence-electron chi connectivity index (χ3n) is 3.73. The molecule has 0 bridgehead atoms. The zero-order valence-electron chi connectivity index (χ0n) is 12.1. The van der Waals surface area contributed by atoms with E-state index in [1.807, 2.05) is 12.1 Å². The zero-order valence-corrected chi connectivity index (χ0v) is 12.1. The fourth-order valence-corrected chi connectivity index (χ4v) is 2.67. The molecule has 0 amide bonds. The third kappa shape index (κ3) is 3.53. The van der Waals surface area contributed by atoms with Crippen LogP contribution in [0.15, 0.2) is 18.2 Å². The normalized spacial score (nSPS) is 19.0. The fraction of sp³-hybridized carbons (Fsp3) is 0.600. The van der Waals surface area contributed by atoms with E-state index in [1.165, 1.54) is 12.8 Å². The smallest absolute Gasteiger partial charge is 0.145 e. The monoisotopic (exact) mass is 264 g/mol. The lowest BCUT2D eigenvalue weighted by Crippen LogP contribution is -2.37. The van der Waals surface area contributed by atoms with Crippen molar-refractivity contribution in [1.29, 1.82) is 0 Å². The molecule has 1 saturated heterocycles. The van der Waals surface area contributed by atoms with Gasteiger partial charge in [0.1, 0.15) is 11.5 Å². The first-order valence-electron chi connectivity index (χ1n) is 6.88. The van der Waals surface area contributed by atoms with Crippen molar-refractivity contribution in [2.45, 2.75) is 12.8 Å². The molecule has 1 aliphatic heterocycles. The van der Waals surface area contributed by atoms with Gasteiger partial charge in [-0.15, -0.1) is 0 Å². The molecule has 0 spiro atoms. The minimum Gasteiger partial charge on any atom is -0.497 e. The maximum Gasteiger partial charge on any atom is 0.145 e. The number of hydrogen-bond acceptors (Lipinski definition) is 4. The van der Waals surface area contributed by atoms with Gasteiger partial charge in [0.2, 0.25) is 0 Å². The van der Waals surface area contributed by atoms with Gasteiger partial charge in [-0.05, 0) is 44.0 Å². The van der Waals surface area contributed by atoms with Gasteiger partial charge in [0.05, 0.1) is 19.9 Å². The van der Waals surface area contributed by atoms with Crippen molar-refractivity contribution in [2.75, 3.05) is 45.8 Å². The highest BCUT2D eigenvalue weighted by atomic mass is 16.5. The second-order valence-electron chi connectivity index (χ2n) is 5.13. The molecule has 1 N–H and O–H groups in total. The lowest BCUT2D eigenvalue weighted by atomic mass is 9.99. The summed E-state index contributed by atoms with van der Waals surface area (Å²) in [7, 11) is 5.50. The van der Waals surface area contributed by atoms with Crippen LogP contribution in [0.5, 0.6) is 11.5 Å². The number of rotatable bonds is 5. The van der Waals surface area contributed by atoms with Crippen LogP contribution in [-0.2, 0) is 0 Å². The molecule has 1 heterocycles. The van der Waals surface area contributed by atoms with Crippen molar-refractivity contribution < 1.29 is 9.47 Å². The second kappa shape index (κ2) is 6.66. The first kappa shape index (κ1) is 14.0. The molecule has 1 fully saturated rings. The molecule has 1 aromatic carbocycles. The van der Waals surface area contributed by atoms with E-state index in [-0.39, 0.29) is 0 Å². The maximum absolute atomic E-state index is 5.46. The Morgan fingerprint density at radius 3 is 2.79 bits per heavy atom. The molecular formula is C15H24N2O2. The van der Waals surface area contributed by atoms with Gasteiger partial charge in [-0.2, -0.15) is 0 Å². The largest absolute Gasteiger partial charge is 0.497 e. The quantitative estimate of drug-likeness (QED) is 0.883. The number of nitrogens with zero attached hydrogens (tertiary/aromatic N) is 1. The summed E-state index contributed by atoms with van der Waals surface area (Å²) in [5, 5.41) is 3.46. The van der Waals surface area contributed by atoms with Crippen LogP contribution in [0.4, 0.5) is 5.69 Å². The van der Waals surface area contributed by atoms with Crippen molar-refractivity contribution in [3.63, 3.8) is 0 Å². The molecule has 0 aromatic heterocycles. The van der Waals surface area contributed by atoms with Crippen molar-refractivity contribution in [1.82, 2.24) is 5.32 Å². The zero-order chi connectivity index (χ0) is 13.7. The van der Waals surface area contributed by atoms with E-state index in [0.29, 0.717) is 5.92 Å². The van der Waals surface area contributed by atoms with Crippen LogP contribution in [0, 0.1) is 5.92 Å². The molecule has 4 nitrogen and oxygen atoms in total. The van der Waals surface area contributed by atoms with Crippen molar-refractivity contribution in [3.05, 3.63) is 18.2 Å². The molecule has 1 unspecified atom stereocenters. The number of nitrogens with one attached hydrogen (secondary N) is 1. The van der Waals surface area contributed by atoms with Gasteiger partial charge in [0.15, 0.2) is 0 Å². The Morgan fingerprint density at radius 1 is 1.32 bits per heavy atom. The van der Waals surface area contributed by atoms with Crippen LogP contribution in [0.25, 0.3) is 0 Å². The summed E-state index contributed by atoms with van der Waals surface area (Å²) < 4.78 is 10.7. The minimum atomic E-state index is 0.713. The van der Waals surface area contributed by atoms with Gasteiger partial charge < -0.3 is 19.7 Å². The van der Waals surface area contributed by atoms with Crippen LogP contribution in [0.1, 0.15) is 12.8 Å². The second-order valence-corrected chi connectivity index (χ2v) is 5.13. The van der Waals surface area contributed by atoms with Gasteiger partial charge >= 0.3 is 0 Å². The lowest BCUT2D eigenvalue weighted by Gasteiger charge is -2.29. The summed E-state index contributed by atoms with van der Waals surface area (Å²) in [5.74, 6) is 2.41. The van der Waals surface area contributed by atoms with Crippen molar-refractivity contribution in [2.24, 2.45) is 5.92 Å². The molecule has 1 atom stereocenters. The summed E-state index contributed by atoms with van der Waals surface area (Å²) in [6, 6.07) is 5.98. The fourth-order valence-electron chi connectivity index (χ4n) is 2.67. The molecule has 106 valence electrons. The Balaban J connectivity index is 2.06. The summed E-state index contributed by atoms with van der Waals surface area (Å²) in [6.45, 7) is 3.32. The molecule has 19 heavy (non-hydrogen) atoms. The van der Waals surface area contributed by atoms with E-state index in [1.54, 1.807) is 14.2 Å². The van der Waals surface area contributed by atoms with Crippen LogP contribution >= 0.6 is 0 Å². The Hall–Kier alpha value is -1.42. The summed E-state index contributed by atoms with van der Waals surface area (Å²) in [5.41, 5.74) is 1.12. The predicted octanol–water partition coefficient (Wildman–Crippen LogP) is 2.14. The van der Waals surface area contributed by atoms with Crippen LogP contribution in [0.2, 0.25) is 0 Å². The van der Waals surface area contributed by atoms with Gasteiger partial charge in [0, 0.05) is 19.7 Å². The topological polar surface area (TPSA) is 33.7 Å². The molecule has 0 saturated carbocycles. The Labute approximate surface area is 115 Å². The first-order valence-corrected chi connectivity index (χ1v) is 6.88. The minimum absolute atomic E-state index is 0.713. The predicted molar refractivity (Wildman–Crippen MR) is 78.4 cm³/mol. The summed E-state index contributed by atoms with van der Waals surface area (Å²) >= 11 is 0. The lowest BCUT2D eigenvalue weighted by molar-refractivity contribution is 0.376. The van der Waals surface area contributed by atoms with Crippen LogP contribution in [0.3, 0.4) is 0 Å². The van der Waals surface area contributed by atoms with Crippen LogP contribution in [-0.4, -0.2) is 40.9 Å². The van der Waals surface area contributed by atoms with Gasteiger partial charge in [0.25, 0.3) is 0 Å². The van der Waals surface area contributed by atoms with E-state index >= 15 is 0 Å². The van der Waals surface area contributed by atoms with Gasteiger partial charge in [-0.1, -0.05) is 0 Å². The number of piperidine rings is 1. The number of hydrogen-bond donors (Lipinski definition) is 1. The third-order valence-corrected chi connectivity index (χ3v) is 3.73. The highest BCUT2D eigenvalue weighted by Gasteiger charge is 2.17. The highest BCUT2D eigenvalue weighted by Crippen LogP contribution is 2.32. The molecule has 1 aromatic rings. The number of benzene rings is 1. The van der Waals surface area contributed by atoms with E-state index in [9.17, 15) is 0 Å². The van der Waals surface area contributed by atoms with E-state index < -0.39 is 0 Å². The Morgan fingerprint density at radius 2 is 2.16 bits per heavy atom. The number of ether oxygens (including phenoxy) is 2. The van der Waals surface area contributed by atoms with Crippen molar-refractivity contribution >= 4 is 5.69 Å². The summed E-state index contributed by atoms with van der Waals surface area (Å²) in [6.07, 6.45) is 2.58.